The zero-order valence-electron chi connectivity index (χ0n) is 14.2. The number of methoxy groups -OCH3 is 1. The van der Waals surface area contributed by atoms with Crippen molar-refractivity contribution in [1.82, 2.24) is 15.3 Å². The van der Waals surface area contributed by atoms with E-state index in [-0.39, 0.29) is 29.3 Å². The molecule has 2 N–H and O–H groups in total. The summed E-state index contributed by atoms with van der Waals surface area (Å²) in [6.45, 7) is 3.45. The second kappa shape index (κ2) is 7.93. The largest absolute Gasteiger partial charge is 0.497 e. The molecule has 1 unspecified atom stereocenters. The Kier molecular flexibility index (Phi) is 5.92. The van der Waals surface area contributed by atoms with Crippen molar-refractivity contribution in [3.8, 4) is 5.75 Å². The van der Waals surface area contributed by atoms with Crippen LogP contribution in [-0.4, -0.2) is 52.4 Å². The lowest BCUT2D eigenvalue weighted by Crippen LogP contribution is -2.49. The Hall–Kier alpha value is -2.68. The van der Waals surface area contributed by atoms with E-state index < -0.39 is 6.04 Å². The number of hydrogen-bond donors (Lipinski definition) is 2. The highest BCUT2D eigenvalue weighted by molar-refractivity contribution is 7.80. The number of hydrogen-bond acceptors (Lipinski definition) is 5. The molecule has 1 atom stereocenters. The molecule has 0 saturated carbocycles. The molecule has 2 rings (SSSR count). The first kappa shape index (κ1) is 18.7. The molecular formula is C16H20N4O4S. The van der Waals surface area contributed by atoms with Gasteiger partial charge in [-0.25, -0.2) is 5.01 Å². The second-order valence-electron chi connectivity index (χ2n) is 5.40. The van der Waals surface area contributed by atoms with Gasteiger partial charge in [0.25, 0.3) is 5.91 Å². The van der Waals surface area contributed by atoms with Crippen LogP contribution in [0.3, 0.4) is 0 Å². The zero-order chi connectivity index (χ0) is 18.6. The summed E-state index contributed by atoms with van der Waals surface area (Å²) < 4.78 is 5.06. The summed E-state index contributed by atoms with van der Waals surface area (Å²) in [5.41, 5.74) is 3.10. The first-order valence-electron chi connectivity index (χ1n) is 7.73. The van der Waals surface area contributed by atoms with Crippen LogP contribution in [0.5, 0.6) is 5.75 Å². The molecule has 25 heavy (non-hydrogen) atoms. The molecule has 0 aromatic heterocycles. The smallest absolute Gasteiger partial charge is 0.254 e. The minimum absolute atomic E-state index is 0.137. The van der Waals surface area contributed by atoms with Gasteiger partial charge in [0, 0.05) is 19.2 Å². The summed E-state index contributed by atoms with van der Waals surface area (Å²) in [5.74, 6) is -0.371. The number of nitrogens with zero attached hydrogens (tertiary/aromatic N) is 2. The number of hydrazine groups is 1. The van der Waals surface area contributed by atoms with Gasteiger partial charge in [-0.1, -0.05) is 0 Å². The van der Waals surface area contributed by atoms with Gasteiger partial charge in [-0.3, -0.25) is 24.7 Å². The molecule has 1 aliphatic rings. The number of amides is 3. The third-order valence-electron chi connectivity index (χ3n) is 3.65. The van der Waals surface area contributed by atoms with Crippen molar-refractivity contribution < 1.29 is 19.1 Å². The van der Waals surface area contributed by atoms with E-state index in [9.17, 15) is 14.4 Å². The lowest BCUT2D eigenvalue weighted by molar-refractivity contribution is -0.132. The van der Waals surface area contributed by atoms with Gasteiger partial charge in [-0.15, -0.1) is 0 Å². The fraction of sp³-hybridized carbons (Fsp3) is 0.375. The normalized spacial score (nSPS) is 16.8. The number of carbonyl (C=O) groups is 3. The number of benzene rings is 1. The number of anilines is 1. The highest BCUT2D eigenvalue weighted by Gasteiger charge is 2.43. The highest BCUT2D eigenvalue weighted by atomic mass is 32.1. The van der Waals surface area contributed by atoms with Crippen molar-refractivity contribution in [2.24, 2.45) is 0 Å². The van der Waals surface area contributed by atoms with E-state index in [1.165, 1.54) is 16.8 Å². The Bertz CT molecular complexity index is 692. The molecular weight excluding hydrogens is 344 g/mol. The molecule has 3 amide bonds. The van der Waals surface area contributed by atoms with Crippen LogP contribution >= 0.6 is 12.2 Å². The SMILES string of the molecule is CCN1C(=O)C(CC(=O)Nc2ccc(OC)cc2)N(NC(C)=O)C1=S. The monoisotopic (exact) mass is 364 g/mol. The predicted molar refractivity (Wildman–Crippen MR) is 95.7 cm³/mol. The summed E-state index contributed by atoms with van der Waals surface area (Å²) in [4.78, 5) is 37.5. The van der Waals surface area contributed by atoms with E-state index in [0.717, 1.165) is 0 Å². The average Bonchev–Trinajstić information content (AvgIpc) is 2.78. The van der Waals surface area contributed by atoms with E-state index >= 15 is 0 Å². The van der Waals surface area contributed by atoms with Gasteiger partial charge < -0.3 is 10.1 Å². The molecule has 1 aliphatic heterocycles. The fourth-order valence-electron chi connectivity index (χ4n) is 2.47. The molecule has 0 bridgehead atoms. The van der Waals surface area contributed by atoms with Crippen LogP contribution in [-0.2, 0) is 14.4 Å². The summed E-state index contributed by atoms with van der Waals surface area (Å²) in [7, 11) is 1.55. The van der Waals surface area contributed by atoms with E-state index in [1.807, 2.05) is 0 Å². The molecule has 1 fully saturated rings. The summed E-state index contributed by atoms with van der Waals surface area (Å²) in [6, 6.07) is 5.96. The van der Waals surface area contributed by atoms with Gasteiger partial charge in [0.15, 0.2) is 5.11 Å². The van der Waals surface area contributed by atoms with E-state index in [1.54, 1.807) is 38.3 Å². The highest BCUT2D eigenvalue weighted by Crippen LogP contribution is 2.20. The maximum Gasteiger partial charge on any atom is 0.254 e. The Morgan fingerprint density at radius 1 is 1.28 bits per heavy atom. The predicted octanol–water partition coefficient (Wildman–Crippen LogP) is 0.892. The van der Waals surface area contributed by atoms with Gasteiger partial charge in [0.05, 0.1) is 13.5 Å². The van der Waals surface area contributed by atoms with Gasteiger partial charge in [0.2, 0.25) is 11.8 Å². The number of carbonyl (C=O) groups excluding carboxylic acids is 3. The summed E-state index contributed by atoms with van der Waals surface area (Å²) in [6.07, 6.45) is -0.137. The third kappa shape index (κ3) is 4.24. The standard InChI is InChI=1S/C16H20N4O4S/c1-4-19-15(23)13(20(16(19)25)18-10(2)21)9-14(22)17-11-5-7-12(24-3)8-6-11/h5-8,13H,4,9H2,1-3H3,(H,17,22)(H,18,21). The lowest BCUT2D eigenvalue weighted by Gasteiger charge is -2.23. The molecule has 0 radical (unpaired) electrons. The number of likely N-dealkylation sites (N-methyl/N-ethyl adjacent to an activating group) is 1. The molecule has 1 saturated heterocycles. The molecule has 9 heteroatoms. The maximum atomic E-state index is 12.5. The van der Waals surface area contributed by atoms with Crippen molar-refractivity contribution in [3.63, 3.8) is 0 Å². The van der Waals surface area contributed by atoms with E-state index in [4.69, 9.17) is 17.0 Å². The molecule has 8 nitrogen and oxygen atoms in total. The molecule has 1 heterocycles. The summed E-state index contributed by atoms with van der Waals surface area (Å²) >= 11 is 5.21. The maximum absolute atomic E-state index is 12.5. The topological polar surface area (TPSA) is 91.0 Å². The van der Waals surface area contributed by atoms with E-state index in [0.29, 0.717) is 18.0 Å². The molecule has 1 aromatic rings. The molecule has 0 aliphatic carbocycles. The van der Waals surface area contributed by atoms with Crippen molar-refractivity contribution in [1.29, 1.82) is 0 Å². The Balaban J connectivity index is 2.08. The van der Waals surface area contributed by atoms with E-state index in [2.05, 4.69) is 10.7 Å². The fourth-order valence-corrected chi connectivity index (χ4v) is 2.87. The van der Waals surface area contributed by atoms with Crippen LogP contribution in [0.25, 0.3) is 0 Å². The van der Waals surface area contributed by atoms with Crippen LogP contribution in [0.2, 0.25) is 0 Å². The van der Waals surface area contributed by atoms with Gasteiger partial charge in [-0.05, 0) is 43.4 Å². The van der Waals surface area contributed by atoms with Gasteiger partial charge >= 0.3 is 0 Å². The molecule has 134 valence electrons. The van der Waals surface area contributed by atoms with Crippen molar-refractivity contribution in [2.75, 3.05) is 19.0 Å². The average molecular weight is 364 g/mol. The number of nitrogens with one attached hydrogen (secondary N) is 2. The number of ether oxygens (including phenoxy) is 1. The number of rotatable bonds is 6. The van der Waals surface area contributed by atoms with Crippen LogP contribution in [0.4, 0.5) is 5.69 Å². The number of thiocarbonyl (C=S) groups is 1. The second-order valence-corrected chi connectivity index (χ2v) is 5.76. The first-order valence-corrected chi connectivity index (χ1v) is 8.13. The minimum Gasteiger partial charge on any atom is -0.497 e. The van der Waals surface area contributed by atoms with Gasteiger partial charge in [-0.2, -0.15) is 0 Å². The minimum atomic E-state index is -0.866. The van der Waals surface area contributed by atoms with Gasteiger partial charge in [0.1, 0.15) is 11.8 Å². The van der Waals surface area contributed by atoms with Crippen LogP contribution in [0.15, 0.2) is 24.3 Å². The molecule has 1 aromatic carbocycles. The van der Waals surface area contributed by atoms with Crippen LogP contribution in [0.1, 0.15) is 20.3 Å². The van der Waals surface area contributed by atoms with Crippen molar-refractivity contribution in [3.05, 3.63) is 24.3 Å². The van der Waals surface area contributed by atoms with Crippen LogP contribution < -0.4 is 15.5 Å². The quantitative estimate of drug-likeness (QED) is 0.729. The Morgan fingerprint density at radius 2 is 1.92 bits per heavy atom. The van der Waals surface area contributed by atoms with Crippen molar-refractivity contribution in [2.45, 2.75) is 26.3 Å². The summed E-state index contributed by atoms with van der Waals surface area (Å²) in [5, 5.41) is 4.17. The lowest BCUT2D eigenvalue weighted by atomic mass is 10.2. The Labute approximate surface area is 151 Å². The zero-order valence-corrected chi connectivity index (χ0v) is 15.1. The molecule has 0 spiro atoms. The van der Waals surface area contributed by atoms with Crippen molar-refractivity contribution >= 4 is 40.7 Å². The Morgan fingerprint density at radius 3 is 2.44 bits per heavy atom. The van der Waals surface area contributed by atoms with Crippen LogP contribution in [0, 0.1) is 0 Å². The first-order chi connectivity index (χ1) is 11.9. The third-order valence-corrected chi connectivity index (χ3v) is 4.06.